The number of allylic oxidation sites excluding steroid dienone is 1. The number of carbonyl (C=O) groups is 1. The van der Waals surface area contributed by atoms with Crippen LogP contribution in [0.4, 0.5) is 0 Å². The van der Waals surface area contributed by atoms with E-state index in [-0.39, 0.29) is 23.3 Å². The second-order valence-electron chi connectivity index (χ2n) is 8.78. The molecular weight excluding hydrogens is 471 g/mol. The molecule has 2 aliphatic heterocycles. The number of hydrogen-bond acceptors (Lipinski definition) is 5. The summed E-state index contributed by atoms with van der Waals surface area (Å²) >= 11 is 12.2. The van der Waals surface area contributed by atoms with Crippen molar-refractivity contribution in [2.45, 2.75) is 38.8 Å². The third-order valence-corrected chi connectivity index (χ3v) is 7.25. The molecule has 7 heteroatoms. The fraction of sp³-hybridized carbons (Fsp3) is 0.259. The lowest BCUT2D eigenvalue weighted by Crippen LogP contribution is -2.33. The number of Topliss-reactive ketones (excluding diaryl/α,β-unsaturated/α-hetero) is 1. The van der Waals surface area contributed by atoms with E-state index in [0.717, 1.165) is 31.4 Å². The highest BCUT2D eigenvalue weighted by Gasteiger charge is 2.35. The van der Waals surface area contributed by atoms with Crippen molar-refractivity contribution in [3.8, 4) is 11.5 Å². The van der Waals surface area contributed by atoms with Gasteiger partial charge < -0.3 is 9.84 Å². The number of rotatable bonds is 4. The highest BCUT2D eigenvalue weighted by molar-refractivity contribution is 6.42. The molecular formula is C27H24Cl2N2O3. The maximum Gasteiger partial charge on any atom is 0.232 e. The Morgan fingerprint density at radius 2 is 2.06 bits per heavy atom. The molecule has 3 aromatic rings. The maximum absolute atomic E-state index is 13.3. The van der Waals surface area contributed by atoms with Crippen molar-refractivity contribution in [3.05, 3.63) is 92.4 Å². The Balaban J connectivity index is 1.50. The van der Waals surface area contributed by atoms with Gasteiger partial charge in [-0.15, -0.1) is 0 Å². The molecule has 0 unspecified atom stereocenters. The number of nitrogens with zero attached hydrogens (tertiary/aromatic N) is 2. The Hall–Kier alpha value is -2.86. The van der Waals surface area contributed by atoms with Crippen LogP contribution >= 0.6 is 23.2 Å². The SMILES string of the molecule is Cc1cc(O)c(CN2CCCC[C@H]2c2cccnc2)c2c1C(=O)/C(=C/c1ccc(Cl)c(Cl)c1)O2. The van der Waals surface area contributed by atoms with Gasteiger partial charge in [0.25, 0.3) is 0 Å². The molecule has 34 heavy (non-hydrogen) atoms. The molecule has 1 N–H and O–H groups in total. The molecule has 174 valence electrons. The molecule has 1 saturated heterocycles. The summed E-state index contributed by atoms with van der Waals surface area (Å²) in [6, 6.07) is 11.0. The molecule has 1 fully saturated rings. The number of ketones is 1. The second-order valence-corrected chi connectivity index (χ2v) is 9.59. The van der Waals surface area contributed by atoms with E-state index in [4.69, 9.17) is 27.9 Å². The number of aromatic nitrogens is 1. The van der Waals surface area contributed by atoms with Crippen LogP contribution in [0, 0.1) is 6.92 Å². The molecule has 0 bridgehead atoms. The molecule has 5 rings (SSSR count). The van der Waals surface area contributed by atoms with Crippen LogP contribution in [0.1, 0.15) is 57.9 Å². The minimum Gasteiger partial charge on any atom is -0.507 e. The summed E-state index contributed by atoms with van der Waals surface area (Å²) in [6.07, 6.45) is 8.57. The number of carbonyl (C=O) groups excluding carboxylic acids is 1. The molecule has 0 saturated carbocycles. The fourth-order valence-electron chi connectivity index (χ4n) is 4.82. The van der Waals surface area contributed by atoms with Crippen LogP contribution in [0.3, 0.4) is 0 Å². The van der Waals surface area contributed by atoms with Gasteiger partial charge in [0.15, 0.2) is 5.76 Å². The van der Waals surface area contributed by atoms with E-state index in [1.165, 1.54) is 0 Å². The van der Waals surface area contributed by atoms with Gasteiger partial charge in [0, 0.05) is 25.0 Å². The fourth-order valence-corrected chi connectivity index (χ4v) is 5.13. The van der Waals surface area contributed by atoms with Gasteiger partial charge in [-0.05, 0) is 73.3 Å². The van der Waals surface area contributed by atoms with Crippen LogP contribution in [0.5, 0.6) is 11.5 Å². The van der Waals surface area contributed by atoms with Crippen LogP contribution in [0.2, 0.25) is 10.0 Å². The first-order chi connectivity index (χ1) is 16.4. The molecule has 0 aliphatic carbocycles. The Labute approximate surface area is 208 Å². The summed E-state index contributed by atoms with van der Waals surface area (Å²) in [4.78, 5) is 19.9. The van der Waals surface area contributed by atoms with Gasteiger partial charge in [0.05, 0.1) is 21.2 Å². The summed E-state index contributed by atoms with van der Waals surface area (Å²) in [7, 11) is 0. The van der Waals surface area contributed by atoms with E-state index >= 15 is 0 Å². The summed E-state index contributed by atoms with van der Waals surface area (Å²) in [6.45, 7) is 3.17. The number of piperidine rings is 1. The van der Waals surface area contributed by atoms with Gasteiger partial charge in [-0.3, -0.25) is 14.7 Å². The summed E-state index contributed by atoms with van der Waals surface area (Å²) in [5.41, 5.74) is 3.67. The zero-order valence-corrected chi connectivity index (χ0v) is 20.2. The Bertz CT molecular complexity index is 1290. The number of ether oxygens (including phenoxy) is 1. The quantitative estimate of drug-likeness (QED) is 0.406. The normalized spacial score (nSPS) is 19.3. The van der Waals surface area contributed by atoms with Crippen LogP contribution in [-0.4, -0.2) is 27.3 Å². The first-order valence-electron chi connectivity index (χ1n) is 11.3. The molecule has 5 nitrogen and oxygen atoms in total. The van der Waals surface area contributed by atoms with Crippen molar-refractivity contribution < 1.29 is 14.6 Å². The van der Waals surface area contributed by atoms with Crippen LogP contribution in [-0.2, 0) is 6.54 Å². The molecule has 0 radical (unpaired) electrons. The highest BCUT2D eigenvalue weighted by Crippen LogP contribution is 2.44. The molecule has 0 spiro atoms. The number of aromatic hydroxyl groups is 1. The van der Waals surface area contributed by atoms with Gasteiger partial charge in [-0.1, -0.05) is 41.8 Å². The number of phenols is 1. The third kappa shape index (κ3) is 4.31. The van der Waals surface area contributed by atoms with Gasteiger partial charge >= 0.3 is 0 Å². The number of aryl methyl sites for hydroxylation is 1. The zero-order valence-electron chi connectivity index (χ0n) is 18.7. The summed E-state index contributed by atoms with van der Waals surface area (Å²) in [5, 5.41) is 11.7. The second kappa shape index (κ2) is 9.41. The number of fused-ring (bicyclic) bond motifs is 1. The minimum absolute atomic E-state index is 0.135. The lowest BCUT2D eigenvalue weighted by atomic mass is 9.94. The number of hydrogen-bond donors (Lipinski definition) is 1. The minimum atomic E-state index is -0.206. The first kappa shape index (κ1) is 22.9. The zero-order chi connectivity index (χ0) is 23.8. The average molecular weight is 495 g/mol. The van der Waals surface area contributed by atoms with E-state index in [0.29, 0.717) is 44.6 Å². The van der Waals surface area contributed by atoms with Crippen molar-refractivity contribution in [3.63, 3.8) is 0 Å². The van der Waals surface area contributed by atoms with Crippen LogP contribution in [0.15, 0.2) is 54.6 Å². The summed E-state index contributed by atoms with van der Waals surface area (Å²) < 4.78 is 6.11. The number of halogens is 2. The Kier molecular flexibility index (Phi) is 6.34. The predicted molar refractivity (Wildman–Crippen MR) is 133 cm³/mol. The Morgan fingerprint density at radius 3 is 2.82 bits per heavy atom. The average Bonchev–Trinajstić information content (AvgIpc) is 3.16. The van der Waals surface area contributed by atoms with Gasteiger partial charge in [-0.2, -0.15) is 0 Å². The van der Waals surface area contributed by atoms with E-state index in [9.17, 15) is 9.90 Å². The van der Waals surface area contributed by atoms with Crippen LogP contribution < -0.4 is 4.74 Å². The molecule has 0 amide bonds. The number of likely N-dealkylation sites (tertiary alicyclic amines) is 1. The van der Waals surface area contributed by atoms with Crippen molar-refractivity contribution in [1.82, 2.24) is 9.88 Å². The molecule has 1 atom stereocenters. The largest absolute Gasteiger partial charge is 0.507 e. The van der Waals surface area contributed by atoms with Gasteiger partial charge in [-0.25, -0.2) is 0 Å². The Morgan fingerprint density at radius 1 is 1.21 bits per heavy atom. The van der Waals surface area contributed by atoms with E-state index < -0.39 is 0 Å². The highest BCUT2D eigenvalue weighted by atomic mass is 35.5. The van der Waals surface area contributed by atoms with Gasteiger partial charge in [0.2, 0.25) is 5.78 Å². The smallest absolute Gasteiger partial charge is 0.232 e. The molecule has 2 aliphatic rings. The van der Waals surface area contributed by atoms with Crippen LogP contribution in [0.25, 0.3) is 6.08 Å². The first-order valence-corrected chi connectivity index (χ1v) is 12.1. The van der Waals surface area contributed by atoms with E-state index in [1.807, 2.05) is 19.2 Å². The number of phenolic OH excluding ortho intramolecular Hbond substituents is 1. The van der Waals surface area contributed by atoms with E-state index in [2.05, 4.69) is 16.0 Å². The topological polar surface area (TPSA) is 62.7 Å². The van der Waals surface area contributed by atoms with Crippen molar-refractivity contribution in [1.29, 1.82) is 0 Å². The molecule has 1 aromatic heterocycles. The third-order valence-electron chi connectivity index (χ3n) is 6.51. The lowest BCUT2D eigenvalue weighted by molar-refractivity contribution is 0.101. The summed E-state index contributed by atoms with van der Waals surface area (Å²) in [5.74, 6) is 0.563. The molecule has 3 heterocycles. The number of benzene rings is 2. The van der Waals surface area contributed by atoms with Crippen molar-refractivity contribution >= 4 is 35.1 Å². The maximum atomic E-state index is 13.3. The monoisotopic (exact) mass is 494 g/mol. The lowest BCUT2D eigenvalue weighted by Gasteiger charge is -2.36. The van der Waals surface area contributed by atoms with Gasteiger partial charge in [0.1, 0.15) is 11.5 Å². The predicted octanol–water partition coefficient (Wildman–Crippen LogP) is 6.75. The van der Waals surface area contributed by atoms with Crippen molar-refractivity contribution in [2.24, 2.45) is 0 Å². The van der Waals surface area contributed by atoms with Crippen molar-refractivity contribution in [2.75, 3.05) is 6.54 Å². The van der Waals surface area contributed by atoms with E-state index in [1.54, 1.807) is 36.5 Å². The standard InChI is InChI=1S/C27H24Cl2N2O3/c1-16-11-23(32)19(15-31-10-3-2-6-22(31)18-5-4-9-30-14-18)27-25(16)26(33)24(34-27)13-17-7-8-20(28)21(29)12-17/h4-5,7-9,11-14,22,32H,2-3,6,10,15H2,1H3/b24-13-/t22-/m0/s1. The molecule has 2 aromatic carbocycles. The number of pyridine rings is 1.